The lowest BCUT2D eigenvalue weighted by Crippen LogP contribution is -2.23. The van der Waals surface area contributed by atoms with Gasteiger partial charge in [0.1, 0.15) is 0 Å². The molecule has 0 amide bonds. The van der Waals surface area contributed by atoms with Gasteiger partial charge in [-0.15, -0.1) is 0 Å². The molecule has 10 aromatic rings. The van der Waals surface area contributed by atoms with E-state index in [-0.39, 0.29) is 0 Å². The van der Waals surface area contributed by atoms with Crippen LogP contribution in [-0.4, -0.2) is 26.2 Å². The minimum atomic E-state index is 0.892. The van der Waals surface area contributed by atoms with Crippen molar-refractivity contribution in [1.82, 2.24) is 0 Å². The van der Waals surface area contributed by atoms with E-state index in [1.807, 2.05) is 0 Å². The van der Waals surface area contributed by atoms with Crippen LogP contribution in [-0.2, 0) is 0 Å². The van der Waals surface area contributed by atoms with Crippen LogP contribution in [0.15, 0.2) is 206 Å². The second-order valence-corrected chi connectivity index (χ2v) is 16.9. The highest BCUT2D eigenvalue weighted by molar-refractivity contribution is 6.29. The molecular formula is C64H54N4. The van der Waals surface area contributed by atoms with Crippen molar-refractivity contribution in [3.8, 4) is 23.7 Å². The Morgan fingerprint density at radius 1 is 0.294 bits per heavy atom. The fourth-order valence-corrected chi connectivity index (χ4v) is 9.68. The summed E-state index contributed by atoms with van der Waals surface area (Å²) in [6.45, 7) is 12.5. The third-order valence-electron chi connectivity index (χ3n) is 13.1. The van der Waals surface area contributed by atoms with Gasteiger partial charge in [-0.05, 0) is 148 Å². The second-order valence-electron chi connectivity index (χ2n) is 16.9. The number of rotatable bonds is 12. The van der Waals surface area contributed by atoms with Gasteiger partial charge in [0.15, 0.2) is 0 Å². The largest absolute Gasteiger partial charge is 0.372 e. The molecule has 4 heteroatoms. The summed E-state index contributed by atoms with van der Waals surface area (Å²) in [4.78, 5) is 9.48. The lowest BCUT2D eigenvalue weighted by atomic mass is 9.88. The average molecular weight is 879 g/mol. The standard InChI is InChI=1S/C64H54N4/c1-5-65(6-2)61-45-49(35-29-47-31-37-55(38-32-47)67(51-21-13-9-14-22-51)52-23-15-10-16-24-52)57-41-42-58-50(46-62(66(7-3)8-4)60-44-43-59(61)63(57)64(58)60)36-30-48-33-39-56(40-34-48)68(53-25-17-11-18-26-53)54-27-19-12-20-28-54/h9-28,31-34,37-46H,5-8H2,1-4H3. The molecule has 0 bridgehead atoms. The minimum absolute atomic E-state index is 0.892. The number of hydrogen-bond donors (Lipinski definition) is 0. The number of anilines is 8. The molecule has 330 valence electrons. The summed E-state index contributed by atoms with van der Waals surface area (Å²) in [6.07, 6.45) is 0. The normalized spacial score (nSPS) is 10.9. The summed E-state index contributed by atoms with van der Waals surface area (Å²) >= 11 is 0. The summed E-state index contributed by atoms with van der Waals surface area (Å²) in [5.74, 6) is 14.6. The molecule has 0 fully saturated rings. The van der Waals surface area contributed by atoms with E-state index in [9.17, 15) is 0 Å². The Bertz CT molecular complexity index is 3120. The number of para-hydroxylation sites is 4. The van der Waals surface area contributed by atoms with Gasteiger partial charge < -0.3 is 19.6 Å². The molecule has 0 spiro atoms. The summed E-state index contributed by atoms with van der Waals surface area (Å²) in [6, 6.07) is 73.2. The second kappa shape index (κ2) is 19.6. The molecule has 10 rings (SSSR count). The highest BCUT2D eigenvalue weighted by Crippen LogP contribution is 2.45. The fourth-order valence-electron chi connectivity index (χ4n) is 9.68. The first-order chi connectivity index (χ1) is 33.6. The van der Waals surface area contributed by atoms with Crippen LogP contribution in [0.4, 0.5) is 45.5 Å². The predicted octanol–water partition coefficient (Wildman–Crippen LogP) is 16.0. The molecular weight excluding hydrogens is 825 g/mol. The zero-order valence-electron chi connectivity index (χ0n) is 39.2. The van der Waals surface area contributed by atoms with Crippen LogP contribution in [0.1, 0.15) is 49.9 Å². The van der Waals surface area contributed by atoms with Crippen LogP contribution in [0.5, 0.6) is 0 Å². The van der Waals surface area contributed by atoms with Gasteiger partial charge in [0, 0.05) is 115 Å². The molecule has 68 heavy (non-hydrogen) atoms. The predicted molar refractivity (Wildman–Crippen MR) is 291 cm³/mol. The molecule has 4 nitrogen and oxygen atoms in total. The Morgan fingerprint density at radius 3 is 0.868 bits per heavy atom. The maximum Gasteiger partial charge on any atom is 0.0462 e. The summed E-state index contributed by atoms with van der Waals surface area (Å²) in [7, 11) is 0. The lowest BCUT2D eigenvalue weighted by Gasteiger charge is -2.27. The molecule has 0 saturated carbocycles. The van der Waals surface area contributed by atoms with Crippen molar-refractivity contribution in [1.29, 1.82) is 0 Å². The molecule has 0 unspecified atom stereocenters. The maximum absolute atomic E-state index is 3.69. The smallest absolute Gasteiger partial charge is 0.0462 e. The van der Waals surface area contributed by atoms with Gasteiger partial charge in [-0.25, -0.2) is 0 Å². The van der Waals surface area contributed by atoms with Gasteiger partial charge >= 0.3 is 0 Å². The van der Waals surface area contributed by atoms with E-state index in [0.29, 0.717) is 0 Å². The molecule has 10 aromatic carbocycles. The lowest BCUT2D eigenvalue weighted by molar-refractivity contribution is 0.870. The van der Waals surface area contributed by atoms with Gasteiger partial charge in [-0.3, -0.25) is 0 Å². The van der Waals surface area contributed by atoms with Crippen molar-refractivity contribution < 1.29 is 0 Å². The third kappa shape index (κ3) is 8.46. The minimum Gasteiger partial charge on any atom is -0.372 e. The Balaban J connectivity index is 1.08. The van der Waals surface area contributed by atoms with Crippen LogP contribution < -0.4 is 19.6 Å². The van der Waals surface area contributed by atoms with Crippen LogP contribution in [0.25, 0.3) is 32.3 Å². The number of benzene rings is 10. The molecule has 0 atom stereocenters. The zero-order valence-corrected chi connectivity index (χ0v) is 39.2. The van der Waals surface area contributed by atoms with Gasteiger partial charge in [-0.2, -0.15) is 0 Å². The van der Waals surface area contributed by atoms with E-state index in [0.717, 1.165) is 93.3 Å². The topological polar surface area (TPSA) is 13.0 Å². The molecule has 0 saturated heterocycles. The highest BCUT2D eigenvalue weighted by Gasteiger charge is 2.21. The van der Waals surface area contributed by atoms with E-state index in [1.165, 1.54) is 32.9 Å². The van der Waals surface area contributed by atoms with Crippen LogP contribution in [0, 0.1) is 23.7 Å². The summed E-state index contributed by atoms with van der Waals surface area (Å²) in [5.41, 5.74) is 13.0. The van der Waals surface area contributed by atoms with Crippen molar-refractivity contribution in [2.24, 2.45) is 0 Å². The molecule has 0 N–H and O–H groups in total. The van der Waals surface area contributed by atoms with Gasteiger partial charge in [0.05, 0.1) is 0 Å². The van der Waals surface area contributed by atoms with E-state index in [4.69, 9.17) is 0 Å². The number of hydrogen-bond acceptors (Lipinski definition) is 4. The maximum atomic E-state index is 3.69. The first-order valence-electron chi connectivity index (χ1n) is 23.9. The van der Waals surface area contributed by atoms with Crippen molar-refractivity contribution >= 4 is 77.8 Å². The molecule has 0 aliphatic heterocycles. The van der Waals surface area contributed by atoms with E-state index >= 15 is 0 Å². The van der Waals surface area contributed by atoms with Crippen molar-refractivity contribution in [2.75, 3.05) is 45.8 Å². The third-order valence-corrected chi connectivity index (χ3v) is 13.1. The van der Waals surface area contributed by atoms with Crippen LogP contribution in [0.2, 0.25) is 0 Å². The quantitative estimate of drug-likeness (QED) is 0.0895. The van der Waals surface area contributed by atoms with E-state index in [1.54, 1.807) is 0 Å². The molecule has 0 aromatic heterocycles. The Labute approximate surface area is 401 Å². The fraction of sp³-hybridized carbons (Fsp3) is 0.125. The van der Waals surface area contributed by atoms with E-state index < -0.39 is 0 Å². The molecule has 0 aliphatic rings. The van der Waals surface area contributed by atoms with Crippen molar-refractivity contribution in [3.63, 3.8) is 0 Å². The first kappa shape index (κ1) is 43.5. The Morgan fingerprint density at radius 2 is 0.574 bits per heavy atom. The van der Waals surface area contributed by atoms with Gasteiger partial charge in [0.2, 0.25) is 0 Å². The SMILES string of the molecule is CCN(CC)c1cc(C#Cc2ccc(N(c3ccccc3)c3ccccc3)cc2)c2ccc3c(C#Cc4ccc(N(c5ccccc5)c5ccccc5)cc4)cc(N(CC)CC)c4ccc1c2c34. The monoisotopic (exact) mass is 878 g/mol. The van der Waals surface area contributed by atoms with Gasteiger partial charge in [0.25, 0.3) is 0 Å². The van der Waals surface area contributed by atoms with Gasteiger partial charge in [-0.1, -0.05) is 121 Å². The average Bonchev–Trinajstić information content (AvgIpc) is 3.40. The summed E-state index contributed by atoms with van der Waals surface area (Å²) < 4.78 is 0. The highest BCUT2D eigenvalue weighted by atomic mass is 15.1. The Kier molecular flexibility index (Phi) is 12.5. The molecule has 0 aliphatic carbocycles. The van der Waals surface area contributed by atoms with Crippen molar-refractivity contribution in [2.45, 2.75) is 27.7 Å². The zero-order chi connectivity index (χ0) is 46.4. The number of nitrogens with zero attached hydrogens (tertiary/aromatic N) is 4. The molecule has 0 radical (unpaired) electrons. The summed E-state index contributed by atoms with van der Waals surface area (Å²) in [5, 5.41) is 7.29. The van der Waals surface area contributed by atoms with Crippen molar-refractivity contribution in [3.05, 3.63) is 229 Å². The molecule has 0 heterocycles. The van der Waals surface area contributed by atoms with Crippen LogP contribution >= 0.6 is 0 Å². The van der Waals surface area contributed by atoms with Crippen LogP contribution in [0.3, 0.4) is 0 Å². The first-order valence-corrected chi connectivity index (χ1v) is 23.9. The van der Waals surface area contributed by atoms with E-state index in [2.05, 4.69) is 277 Å². The Hall–Kier alpha value is -8.44.